The molecule has 37 heavy (non-hydrogen) atoms. The number of rotatable bonds is 8. The van der Waals surface area contributed by atoms with Crippen molar-refractivity contribution in [1.82, 2.24) is 9.78 Å². The predicted octanol–water partition coefficient (Wildman–Crippen LogP) is 4.34. The third kappa shape index (κ3) is 6.46. The zero-order chi connectivity index (χ0) is 26.5. The Morgan fingerprint density at radius 1 is 1.00 bits per heavy atom. The van der Waals surface area contributed by atoms with Crippen molar-refractivity contribution in [3.8, 4) is 11.1 Å². The molecule has 1 saturated carbocycles. The van der Waals surface area contributed by atoms with E-state index >= 15 is 0 Å². The fourth-order valence-corrected chi connectivity index (χ4v) is 4.66. The Morgan fingerprint density at radius 3 is 2.16 bits per heavy atom. The molecular formula is C29H34N4O4. The van der Waals surface area contributed by atoms with Gasteiger partial charge in [0.2, 0.25) is 5.91 Å². The van der Waals surface area contributed by atoms with E-state index in [1.165, 1.54) is 6.08 Å². The topological polar surface area (TPSA) is 98.9 Å². The molecule has 2 N–H and O–H groups in total. The first-order valence-corrected chi connectivity index (χ1v) is 12.5. The molecular weight excluding hydrogens is 468 g/mol. The van der Waals surface area contributed by atoms with E-state index in [4.69, 9.17) is 5.11 Å². The van der Waals surface area contributed by atoms with Gasteiger partial charge in [-0.25, -0.2) is 4.79 Å². The first-order valence-electron chi connectivity index (χ1n) is 12.5. The van der Waals surface area contributed by atoms with E-state index in [2.05, 4.69) is 46.4 Å². The number of aryl methyl sites for hydroxylation is 1. The molecule has 0 bridgehead atoms. The van der Waals surface area contributed by atoms with E-state index in [1.54, 1.807) is 22.7 Å². The minimum Gasteiger partial charge on any atom is -0.478 e. The number of aliphatic carboxylic acids is 1. The van der Waals surface area contributed by atoms with Gasteiger partial charge in [0.05, 0.1) is 18.3 Å². The SMILES string of the molecule is CN(C)c1ccc(-c2ccc(CN(C(=O)C3CCC(O)CC3)c3cc(/C=C/C(=O)O)n(C)n3)cc2)cc1. The Hall–Kier alpha value is -3.91. The fraction of sp³-hybridized carbons (Fsp3) is 0.345. The molecule has 4 rings (SSSR count). The smallest absolute Gasteiger partial charge is 0.328 e. The molecule has 2 aromatic carbocycles. The van der Waals surface area contributed by atoms with Gasteiger partial charge in [-0.05, 0) is 60.6 Å². The second-order valence-electron chi connectivity index (χ2n) is 9.79. The number of carbonyl (C=O) groups is 2. The van der Waals surface area contributed by atoms with Crippen LogP contribution in [0.5, 0.6) is 0 Å². The summed E-state index contributed by atoms with van der Waals surface area (Å²) in [4.78, 5) is 28.4. The largest absolute Gasteiger partial charge is 0.478 e. The molecule has 1 aromatic heterocycles. The average Bonchev–Trinajstić information content (AvgIpc) is 3.26. The molecule has 3 aromatic rings. The van der Waals surface area contributed by atoms with Gasteiger partial charge in [-0.3, -0.25) is 14.4 Å². The highest BCUT2D eigenvalue weighted by molar-refractivity contribution is 5.94. The number of hydrogen-bond donors (Lipinski definition) is 2. The third-order valence-corrected chi connectivity index (χ3v) is 6.90. The molecule has 1 fully saturated rings. The number of carboxylic acid groups (broad SMARTS) is 1. The van der Waals surface area contributed by atoms with Crippen molar-refractivity contribution >= 4 is 29.5 Å². The summed E-state index contributed by atoms with van der Waals surface area (Å²) in [5.74, 6) is -0.778. The van der Waals surface area contributed by atoms with E-state index < -0.39 is 5.97 Å². The van der Waals surface area contributed by atoms with Gasteiger partial charge in [-0.2, -0.15) is 5.10 Å². The lowest BCUT2D eigenvalue weighted by atomic mass is 9.86. The van der Waals surface area contributed by atoms with Crippen molar-refractivity contribution in [2.45, 2.75) is 38.3 Å². The number of hydrogen-bond acceptors (Lipinski definition) is 5. The lowest BCUT2D eigenvalue weighted by Crippen LogP contribution is -2.38. The van der Waals surface area contributed by atoms with E-state index in [-0.39, 0.29) is 17.9 Å². The molecule has 1 heterocycles. The quantitative estimate of drug-likeness (QED) is 0.445. The van der Waals surface area contributed by atoms with Crippen LogP contribution in [0.4, 0.5) is 11.5 Å². The second kappa shape index (κ2) is 11.4. The van der Waals surface area contributed by atoms with Crippen LogP contribution >= 0.6 is 0 Å². The van der Waals surface area contributed by atoms with Crippen LogP contribution in [0.25, 0.3) is 17.2 Å². The zero-order valence-electron chi connectivity index (χ0n) is 21.5. The zero-order valence-corrected chi connectivity index (χ0v) is 21.5. The summed E-state index contributed by atoms with van der Waals surface area (Å²) in [7, 11) is 5.75. The van der Waals surface area contributed by atoms with Crippen LogP contribution in [0.3, 0.4) is 0 Å². The van der Waals surface area contributed by atoms with Crippen molar-refractivity contribution < 1.29 is 19.8 Å². The summed E-state index contributed by atoms with van der Waals surface area (Å²) in [5, 5.41) is 23.4. The summed E-state index contributed by atoms with van der Waals surface area (Å²) in [6, 6.07) is 18.2. The molecule has 1 aliphatic rings. The average molecular weight is 503 g/mol. The number of amides is 1. The Labute approximate surface area is 217 Å². The number of aliphatic hydroxyl groups is 1. The molecule has 0 atom stereocenters. The molecule has 0 saturated heterocycles. The molecule has 8 nitrogen and oxygen atoms in total. The molecule has 1 amide bonds. The molecule has 0 spiro atoms. The molecule has 0 aliphatic heterocycles. The van der Waals surface area contributed by atoms with Gasteiger partial charge in [-0.15, -0.1) is 0 Å². The van der Waals surface area contributed by atoms with Gasteiger partial charge in [0, 0.05) is 44.9 Å². The Bertz CT molecular complexity index is 1250. The lowest BCUT2D eigenvalue weighted by Gasteiger charge is -2.29. The fourth-order valence-electron chi connectivity index (χ4n) is 4.66. The van der Waals surface area contributed by atoms with Gasteiger partial charge >= 0.3 is 5.97 Å². The minimum atomic E-state index is -1.05. The molecule has 8 heteroatoms. The van der Waals surface area contributed by atoms with Crippen molar-refractivity contribution in [2.75, 3.05) is 23.9 Å². The molecule has 0 unspecified atom stereocenters. The second-order valence-corrected chi connectivity index (χ2v) is 9.79. The van der Waals surface area contributed by atoms with E-state index in [0.717, 1.165) is 28.5 Å². The van der Waals surface area contributed by atoms with Crippen molar-refractivity contribution in [3.63, 3.8) is 0 Å². The van der Waals surface area contributed by atoms with Crippen LogP contribution in [0.1, 0.15) is 36.9 Å². The maximum atomic E-state index is 13.7. The van der Waals surface area contributed by atoms with Crippen LogP contribution in [0, 0.1) is 5.92 Å². The highest BCUT2D eigenvalue weighted by Crippen LogP contribution is 2.30. The van der Waals surface area contributed by atoms with Crippen LogP contribution in [0.15, 0.2) is 60.7 Å². The Balaban J connectivity index is 1.59. The number of aliphatic hydroxyl groups excluding tert-OH is 1. The van der Waals surface area contributed by atoms with Crippen molar-refractivity contribution in [2.24, 2.45) is 13.0 Å². The molecule has 0 radical (unpaired) electrons. The summed E-state index contributed by atoms with van der Waals surface area (Å²) in [5.41, 5.74) is 4.90. The van der Waals surface area contributed by atoms with Gasteiger partial charge in [0.25, 0.3) is 0 Å². The van der Waals surface area contributed by atoms with Crippen molar-refractivity contribution in [3.05, 3.63) is 71.9 Å². The third-order valence-electron chi connectivity index (χ3n) is 6.90. The lowest BCUT2D eigenvalue weighted by molar-refractivity contribution is -0.131. The number of nitrogens with zero attached hydrogens (tertiary/aromatic N) is 4. The summed E-state index contributed by atoms with van der Waals surface area (Å²) < 4.78 is 1.57. The Morgan fingerprint density at radius 2 is 1.59 bits per heavy atom. The predicted molar refractivity (Wildman–Crippen MR) is 145 cm³/mol. The summed E-state index contributed by atoms with van der Waals surface area (Å²) in [6.07, 6.45) is 4.67. The Kier molecular flexibility index (Phi) is 8.08. The number of carbonyl (C=O) groups excluding carboxylic acids is 1. The van der Waals surface area contributed by atoms with E-state index in [9.17, 15) is 14.7 Å². The molecule has 1 aliphatic carbocycles. The highest BCUT2D eigenvalue weighted by Gasteiger charge is 2.31. The van der Waals surface area contributed by atoms with Crippen molar-refractivity contribution in [1.29, 1.82) is 0 Å². The maximum Gasteiger partial charge on any atom is 0.328 e. The first-order chi connectivity index (χ1) is 17.7. The van der Waals surface area contributed by atoms with Crippen LogP contribution < -0.4 is 9.80 Å². The van der Waals surface area contributed by atoms with Crippen LogP contribution in [-0.2, 0) is 23.2 Å². The number of benzene rings is 2. The highest BCUT2D eigenvalue weighted by atomic mass is 16.4. The minimum absolute atomic E-state index is 0.0258. The maximum absolute atomic E-state index is 13.7. The normalized spacial score (nSPS) is 17.6. The summed E-state index contributed by atoms with van der Waals surface area (Å²) >= 11 is 0. The van der Waals surface area contributed by atoms with Gasteiger partial charge in [-0.1, -0.05) is 36.4 Å². The first kappa shape index (κ1) is 26.2. The van der Waals surface area contributed by atoms with E-state index in [1.807, 2.05) is 26.2 Å². The van der Waals surface area contributed by atoms with Crippen LogP contribution in [0.2, 0.25) is 0 Å². The van der Waals surface area contributed by atoms with Gasteiger partial charge in [0.15, 0.2) is 5.82 Å². The van der Waals surface area contributed by atoms with Gasteiger partial charge in [0.1, 0.15) is 0 Å². The molecule has 194 valence electrons. The van der Waals surface area contributed by atoms with E-state index in [0.29, 0.717) is 43.7 Å². The number of anilines is 2. The monoisotopic (exact) mass is 502 g/mol. The number of aromatic nitrogens is 2. The van der Waals surface area contributed by atoms with Gasteiger partial charge < -0.3 is 15.1 Å². The summed E-state index contributed by atoms with van der Waals surface area (Å²) in [6.45, 7) is 0.344. The van der Waals surface area contributed by atoms with Crippen LogP contribution in [-0.4, -0.2) is 52.1 Å². The number of carboxylic acids is 1. The standard InChI is InChI=1S/C29H34N4O4/c1-31(2)24-12-8-22(9-13-24)21-6-4-20(5-7-21)19-33(29(37)23-10-15-26(34)16-11-23)27-18-25(32(3)30-27)14-17-28(35)36/h4-9,12-14,17-18,23,26,34H,10-11,15-16,19H2,1-3H3,(H,35,36)/b17-14+.